The van der Waals surface area contributed by atoms with Gasteiger partial charge in [-0.05, 0) is 42.8 Å². The van der Waals surface area contributed by atoms with E-state index >= 15 is 0 Å². The maximum absolute atomic E-state index is 14.0. The number of alkyl halides is 6. The van der Waals surface area contributed by atoms with E-state index in [2.05, 4.69) is 10.1 Å². The number of halogens is 8. The lowest BCUT2D eigenvalue weighted by molar-refractivity contribution is -0.275. The highest BCUT2D eigenvalue weighted by Crippen LogP contribution is 2.49. The van der Waals surface area contributed by atoms with Gasteiger partial charge in [0.2, 0.25) is 0 Å². The third kappa shape index (κ3) is 4.41. The summed E-state index contributed by atoms with van der Waals surface area (Å²) >= 11 is 11.7. The SMILES string of the molecule is C/C(=N/c1ccc(C2=NOC(c3cc(Cl)cc(Cl)c3)(C(F)(F)F)C2)cc1)C(F)(F)F. The number of aliphatic imine (C=N–C) groups is 1. The normalized spacial score (nSPS) is 20.2. The first-order valence-corrected chi connectivity index (χ1v) is 9.09. The molecule has 0 saturated heterocycles. The van der Waals surface area contributed by atoms with E-state index in [1.165, 1.54) is 30.3 Å². The maximum atomic E-state index is 14.0. The van der Waals surface area contributed by atoms with Crippen LogP contribution in [0.3, 0.4) is 0 Å². The minimum atomic E-state index is -4.85. The molecule has 0 spiro atoms. The smallest absolute Gasteiger partial charge is 0.374 e. The molecule has 0 saturated carbocycles. The molecule has 1 aliphatic heterocycles. The predicted molar refractivity (Wildman–Crippen MR) is 102 cm³/mol. The summed E-state index contributed by atoms with van der Waals surface area (Å²) in [6, 6.07) is 8.61. The standard InChI is InChI=1S/C19H12Cl2F6N2O/c1-10(18(22,23)24)28-15-4-2-11(3-5-15)16-9-17(30-29-16,19(25,26)27)12-6-13(20)8-14(21)7-12/h2-8H,9H2,1H3/b28-10-. The number of rotatable bonds is 3. The first-order valence-electron chi connectivity index (χ1n) is 8.33. The number of benzene rings is 2. The van der Waals surface area contributed by atoms with Crippen LogP contribution in [0.25, 0.3) is 0 Å². The van der Waals surface area contributed by atoms with E-state index in [-0.39, 0.29) is 32.6 Å². The van der Waals surface area contributed by atoms with Crippen LogP contribution in [0.4, 0.5) is 32.0 Å². The van der Waals surface area contributed by atoms with Crippen molar-refractivity contribution in [1.82, 2.24) is 0 Å². The minimum Gasteiger partial charge on any atom is -0.374 e. The highest BCUT2D eigenvalue weighted by atomic mass is 35.5. The molecular weight excluding hydrogens is 457 g/mol. The van der Waals surface area contributed by atoms with Crippen LogP contribution in [0.15, 0.2) is 52.6 Å². The largest absolute Gasteiger partial charge is 0.435 e. The van der Waals surface area contributed by atoms with Gasteiger partial charge in [-0.25, -0.2) is 4.99 Å². The van der Waals surface area contributed by atoms with E-state index in [4.69, 9.17) is 28.0 Å². The second-order valence-corrected chi connectivity index (χ2v) is 7.40. The molecule has 1 aliphatic rings. The fourth-order valence-corrected chi connectivity index (χ4v) is 3.36. The Kier molecular flexibility index (Phi) is 5.81. The minimum absolute atomic E-state index is 0.000393. The van der Waals surface area contributed by atoms with E-state index in [0.29, 0.717) is 0 Å². The van der Waals surface area contributed by atoms with Crippen molar-refractivity contribution >= 4 is 40.3 Å². The molecule has 11 heteroatoms. The van der Waals surface area contributed by atoms with Gasteiger partial charge < -0.3 is 4.84 Å². The zero-order valence-electron chi connectivity index (χ0n) is 15.1. The van der Waals surface area contributed by atoms with Crippen molar-refractivity contribution in [2.45, 2.75) is 31.3 Å². The van der Waals surface area contributed by atoms with Crippen LogP contribution in [0.2, 0.25) is 10.0 Å². The molecular formula is C19H12Cl2F6N2O. The number of oxime groups is 1. The monoisotopic (exact) mass is 468 g/mol. The van der Waals surface area contributed by atoms with E-state index < -0.39 is 30.1 Å². The molecule has 0 aromatic heterocycles. The van der Waals surface area contributed by atoms with Crippen LogP contribution in [-0.2, 0) is 10.4 Å². The fraction of sp³-hybridized carbons (Fsp3) is 0.263. The zero-order chi connectivity index (χ0) is 22.3. The van der Waals surface area contributed by atoms with Crippen molar-refractivity contribution in [3.8, 4) is 0 Å². The second kappa shape index (κ2) is 7.77. The van der Waals surface area contributed by atoms with Crippen LogP contribution in [0, 0.1) is 0 Å². The van der Waals surface area contributed by atoms with Gasteiger partial charge >= 0.3 is 12.4 Å². The summed E-state index contributed by atoms with van der Waals surface area (Å²) in [5.41, 5.74) is -3.94. The molecule has 0 radical (unpaired) electrons. The van der Waals surface area contributed by atoms with Crippen LogP contribution in [0.5, 0.6) is 0 Å². The lowest BCUT2D eigenvalue weighted by Crippen LogP contribution is -2.42. The summed E-state index contributed by atoms with van der Waals surface area (Å²) in [4.78, 5) is 8.32. The first-order chi connectivity index (χ1) is 13.8. The highest BCUT2D eigenvalue weighted by molar-refractivity contribution is 6.34. The Morgan fingerprint density at radius 3 is 2.07 bits per heavy atom. The fourth-order valence-electron chi connectivity index (χ4n) is 2.83. The van der Waals surface area contributed by atoms with Gasteiger partial charge in [0.05, 0.1) is 11.4 Å². The molecule has 0 bridgehead atoms. The number of nitrogens with zero attached hydrogens (tertiary/aromatic N) is 2. The molecule has 0 fully saturated rings. The second-order valence-electron chi connectivity index (χ2n) is 6.53. The average molecular weight is 469 g/mol. The molecule has 0 amide bonds. The molecule has 3 rings (SSSR count). The van der Waals surface area contributed by atoms with Crippen molar-refractivity contribution in [3.05, 3.63) is 63.6 Å². The summed E-state index contributed by atoms with van der Waals surface area (Å²) in [5.74, 6) is 0. The van der Waals surface area contributed by atoms with Gasteiger partial charge in [0.1, 0.15) is 5.71 Å². The Balaban J connectivity index is 1.91. The Labute approximate surface area is 176 Å². The third-order valence-corrected chi connectivity index (χ3v) is 4.86. The number of hydrogen-bond acceptors (Lipinski definition) is 3. The van der Waals surface area contributed by atoms with Gasteiger partial charge in [-0.3, -0.25) is 0 Å². The van der Waals surface area contributed by atoms with Crippen LogP contribution >= 0.6 is 23.2 Å². The third-order valence-electron chi connectivity index (χ3n) is 4.42. The first kappa shape index (κ1) is 22.4. The van der Waals surface area contributed by atoms with Gasteiger partial charge in [-0.1, -0.05) is 40.5 Å². The lowest BCUT2D eigenvalue weighted by Gasteiger charge is -2.29. The molecule has 30 heavy (non-hydrogen) atoms. The van der Waals surface area contributed by atoms with Gasteiger partial charge in [-0.15, -0.1) is 0 Å². The van der Waals surface area contributed by atoms with Crippen molar-refractivity contribution in [2.75, 3.05) is 0 Å². The molecule has 2 aromatic rings. The van der Waals surface area contributed by atoms with Gasteiger partial charge in [0.25, 0.3) is 5.60 Å². The van der Waals surface area contributed by atoms with Gasteiger partial charge in [0, 0.05) is 22.0 Å². The molecule has 160 valence electrons. The summed E-state index contributed by atoms with van der Waals surface area (Å²) < 4.78 is 79.6. The van der Waals surface area contributed by atoms with Gasteiger partial charge in [-0.2, -0.15) is 26.3 Å². The topological polar surface area (TPSA) is 34.0 Å². The predicted octanol–water partition coefficient (Wildman–Crippen LogP) is 7.23. The van der Waals surface area contributed by atoms with Crippen molar-refractivity contribution in [2.24, 2.45) is 10.1 Å². The van der Waals surface area contributed by atoms with Crippen LogP contribution < -0.4 is 0 Å². The van der Waals surface area contributed by atoms with Crippen molar-refractivity contribution < 1.29 is 31.2 Å². The maximum Gasteiger partial charge on any atom is 0.435 e. The Morgan fingerprint density at radius 1 is 1.00 bits per heavy atom. The Morgan fingerprint density at radius 2 is 1.57 bits per heavy atom. The Bertz CT molecular complexity index is 995. The summed E-state index contributed by atoms with van der Waals surface area (Å²) in [5, 5.41) is 3.59. The molecule has 1 heterocycles. The van der Waals surface area contributed by atoms with Crippen molar-refractivity contribution in [3.63, 3.8) is 0 Å². The summed E-state index contributed by atoms with van der Waals surface area (Å²) in [7, 11) is 0. The van der Waals surface area contributed by atoms with Crippen LogP contribution in [-0.4, -0.2) is 23.8 Å². The average Bonchev–Trinajstić information content (AvgIpc) is 3.07. The van der Waals surface area contributed by atoms with Crippen LogP contribution in [0.1, 0.15) is 24.5 Å². The zero-order valence-corrected chi connectivity index (χ0v) is 16.6. The summed E-state index contributed by atoms with van der Waals surface area (Å²) in [6.45, 7) is 0.816. The highest BCUT2D eigenvalue weighted by Gasteiger charge is 2.62. The van der Waals surface area contributed by atoms with E-state index in [9.17, 15) is 26.3 Å². The van der Waals surface area contributed by atoms with Crippen molar-refractivity contribution in [1.29, 1.82) is 0 Å². The number of hydrogen-bond donors (Lipinski definition) is 0. The molecule has 1 unspecified atom stereocenters. The Hall–Kier alpha value is -2.26. The van der Waals surface area contributed by atoms with E-state index in [0.717, 1.165) is 19.1 Å². The van der Waals surface area contributed by atoms with E-state index in [1.807, 2.05) is 0 Å². The quantitative estimate of drug-likeness (QED) is 0.345. The lowest BCUT2D eigenvalue weighted by atomic mass is 9.86. The molecule has 1 atom stereocenters. The summed E-state index contributed by atoms with van der Waals surface area (Å²) in [6.07, 6.45) is -10.1. The molecule has 3 nitrogen and oxygen atoms in total. The van der Waals surface area contributed by atoms with Gasteiger partial charge in [0.15, 0.2) is 0 Å². The molecule has 0 N–H and O–H groups in total. The van der Waals surface area contributed by atoms with E-state index in [1.54, 1.807) is 0 Å². The molecule has 2 aromatic carbocycles. The molecule has 0 aliphatic carbocycles.